The molecule has 1 amide bonds. The predicted molar refractivity (Wildman–Crippen MR) is 125 cm³/mol. The lowest BCUT2D eigenvalue weighted by Gasteiger charge is -2.36. The molecule has 3 heterocycles. The fourth-order valence-corrected chi connectivity index (χ4v) is 4.58. The van der Waals surface area contributed by atoms with E-state index in [4.69, 9.17) is 0 Å². The Labute approximate surface area is 191 Å². The molecule has 1 aromatic carbocycles. The van der Waals surface area contributed by atoms with Crippen LogP contribution in [-0.4, -0.2) is 37.8 Å². The zero-order valence-corrected chi connectivity index (χ0v) is 18.4. The molecule has 5 rings (SSSR count). The number of aromatic nitrogens is 4. The molecule has 0 atom stereocenters. The van der Waals surface area contributed by atoms with Crippen LogP contribution >= 0.6 is 0 Å². The van der Waals surface area contributed by atoms with Crippen LogP contribution in [0.15, 0.2) is 61.1 Å². The van der Waals surface area contributed by atoms with E-state index in [2.05, 4.69) is 25.6 Å². The van der Waals surface area contributed by atoms with Crippen LogP contribution in [0.3, 0.4) is 0 Å². The number of pyridine rings is 1. The molecule has 1 fully saturated rings. The molecule has 8 heteroatoms. The third kappa shape index (κ3) is 3.92. The minimum atomic E-state index is -0.790. The van der Waals surface area contributed by atoms with Crippen molar-refractivity contribution in [1.29, 1.82) is 0 Å². The number of carbonyl (C=O) groups excluding carboxylic acids is 1. The summed E-state index contributed by atoms with van der Waals surface area (Å²) in [5.74, 6) is -0.421. The van der Waals surface area contributed by atoms with E-state index in [1.165, 1.54) is 0 Å². The topological polar surface area (TPSA) is 84.2 Å². The van der Waals surface area contributed by atoms with Crippen molar-refractivity contribution < 1.29 is 9.18 Å². The average molecular weight is 445 g/mol. The third-order valence-electron chi connectivity index (χ3n) is 6.32. The van der Waals surface area contributed by atoms with Crippen LogP contribution in [0.5, 0.6) is 0 Å². The number of amides is 1. The first-order valence-corrected chi connectivity index (χ1v) is 11.2. The van der Waals surface area contributed by atoms with Gasteiger partial charge in [0.1, 0.15) is 16.9 Å². The molecule has 4 aromatic rings. The number of anilines is 1. The number of imidazole rings is 1. The highest BCUT2D eigenvalue weighted by Gasteiger charge is 2.39. The molecule has 1 aliphatic rings. The summed E-state index contributed by atoms with van der Waals surface area (Å²) < 4.78 is 16.7. The molecule has 3 aromatic heterocycles. The molecule has 1 saturated carbocycles. The molecule has 0 spiro atoms. The van der Waals surface area contributed by atoms with Gasteiger partial charge in [0.05, 0.1) is 18.1 Å². The van der Waals surface area contributed by atoms with Gasteiger partial charge in [-0.15, -0.1) is 0 Å². The number of likely N-dealkylation sites (N-methyl/N-ethyl adjacent to an activating group) is 1. The Hall–Kier alpha value is -3.81. The lowest BCUT2D eigenvalue weighted by Crippen LogP contribution is -2.53. The van der Waals surface area contributed by atoms with Crippen molar-refractivity contribution in [3.8, 4) is 22.5 Å². The highest BCUT2D eigenvalue weighted by Crippen LogP contribution is 2.32. The standard InChI is InChI=1S/C25H25FN6O/c1-27-23(33)25(12-6-3-7-13-25)31-24-29-14-19(26)22(30-24)20-15-28-21-11-10-18(16-32(20)21)17-8-4-2-5-9-17/h2,4-5,8-11,14-16H,3,6-7,12-13H2,1H3,(H,27,33)(H,29,30,31). The predicted octanol–water partition coefficient (Wildman–Crippen LogP) is 4.46. The van der Waals surface area contributed by atoms with Crippen LogP contribution in [0.4, 0.5) is 10.3 Å². The summed E-state index contributed by atoms with van der Waals surface area (Å²) in [5, 5.41) is 5.98. The maximum absolute atomic E-state index is 14.9. The van der Waals surface area contributed by atoms with Crippen molar-refractivity contribution >= 4 is 17.5 Å². The molecule has 168 valence electrons. The van der Waals surface area contributed by atoms with Gasteiger partial charge in [-0.05, 0) is 36.1 Å². The van der Waals surface area contributed by atoms with Crippen molar-refractivity contribution in [3.63, 3.8) is 0 Å². The third-order valence-corrected chi connectivity index (χ3v) is 6.32. The fourth-order valence-electron chi connectivity index (χ4n) is 4.58. The molecule has 0 aliphatic heterocycles. The van der Waals surface area contributed by atoms with Crippen LogP contribution in [0, 0.1) is 5.82 Å². The minimum Gasteiger partial charge on any atom is -0.357 e. The summed E-state index contributed by atoms with van der Waals surface area (Å²) in [6, 6.07) is 13.8. The number of halogens is 1. The molecule has 0 radical (unpaired) electrons. The van der Waals surface area contributed by atoms with Crippen LogP contribution in [0.25, 0.3) is 28.2 Å². The van der Waals surface area contributed by atoms with E-state index >= 15 is 0 Å². The molecular weight excluding hydrogens is 419 g/mol. The SMILES string of the molecule is CNC(=O)C1(Nc2ncc(F)c(-c3cnc4ccc(-c5ccccc5)cn34)n2)CCCCC1. The summed E-state index contributed by atoms with van der Waals surface area (Å²) in [6.07, 6.45) is 8.99. The highest BCUT2D eigenvalue weighted by molar-refractivity contribution is 5.89. The Bertz CT molecular complexity index is 1300. The van der Waals surface area contributed by atoms with E-state index in [1.807, 2.05) is 53.1 Å². The van der Waals surface area contributed by atoms with Gasteiger partial charge in [-0.1, -0.05) is 49.6 Å². The van der Waals surface area contributed by atoms with Gasteiger partial charge in [0.25, 0.3) is 0 Å². The van der Waals surface area contributed by atoms with Gasteiger partial charge in [0.15, 0.2) is 5.82 Å². The molecule has 7 nitrogen and oxygen atoms in total. The molecule has 0 saturated heterocycles. The largest absolute Gasteiger partial charge is 0.357 e. The smallest absolute Gasteiger partial charge is 0.245 e. The van der Waals surface area contributed by atoms with Crippen LogP contribution in [-0.2, 0) is 4.79 Å². The number of rotatable bonds is 5. The first-order valence-electron chi connectivity index (χ1n) is 11.2. The van der Waals surface area contributed by atoms with Gasteiger partial charge >= 0.3 is 0 Å². The Balaban J connectivity index is 1.55. The van der Waals surface area contributed by atoms with E-state index < -0.39 is 11.4 Å². The van der Waals surface area contributed by atoms with Crippen LogP contribution < -0.4 is 10.6 Å². The Morgan fingerprint density at radius 1 is 1.00 bits per heavy atom. The second kappa shape index (κ2) is 8.61. The summed E-state index contributed by atoms with van der Waals surface area (Å²) >= 11 is 0. The van der Waals surface area contributed by atoms with Gasteiger partial charge in [-0.25, -0.2) is 19.3 Å². The van der Waals surface area contributed by atoms with Gasteiger partial charge in [0, 0.05) is 13.2 Å². The molecular formula is C25H25FN6O. The summed E-state index contributed by atoms with van der Waals surface area (Å²) in [7, 11) is 1.63. The van der Waals surface area contributed by atoms with Gasteiger partial charge < -0.3 is 10.6 Å². The number of nitrogens with zero attached hydrogens (tertiary/aromatic N) is 4. The lowest BCUT2D eigenvalue weighted by molar-refractivity contribution is -0.126. The van der Waals surface area contributed by atoms with Gasteiger partial charge in [0.2, 0.25) is 11.9 Å². The van der Waals surface area contributed by atoms with Gasteiger partial charge in [-0.2, -0.15) is 0 Å². The second-order valence-corrected chi connectivity index (χ2v) is 8.39. The van der Waals surface area contributed by atoms with Gasteiger partial charge in [-0.3, -0.25) is 9.20 Å². The summed E-state index contributed by atoms with van der Waals surface area (Å²) in [4.78, 5) is 25.8. The number of benzene rings is 1. The molecule has 33 heavy (non-hydrogen) atoms. The first kappa shape index (κ1) is 21.1. The highest BCUT2D eigenvalue weighted by atomic mass is 19.1. The monoisotopic (exact) mass is 444 g/mol. The Morgan fingerprint density at radius 3 is 2.55 bits per heavy atom. The number of hydrogen-bond donors (Lipinski definition) is 2. The average Bonchev–Trinajstić information content (AvgIpc) is 3.29. The van der Waals surface area contributed by atoms with E-state index in [9.17, 15) is 9.18 Å². The number of fused-ring (bicyclic) bond motifs is 1. The van der Waals surface area contributed by atoms with Crippen LogP contribution in [0.1, 0.15) is 32.1 Å². The number of carbonyl (C=O) groups is 1. The van der Waals surface area contributed by atoms with Crippen molar-refractivity contribution in [1.82, 2.24) is 24.7 Å². The number of nitrogens with one attached hydrogen (secondary N) is 2. The molecule has 0 bridgehead atoms. The summed E-state index contributed by atoms with van der Waals surface area (Å²) in [5.41, 5.74) is 2.58. The maximum Gasteiger partial charge on any atom is 0.245 e. The summed E-state index contributed by atoms with van der Waals surface area (Å²) in [6.45, 7) is 0. The lowest BCUT2D eigenvalue weighted by atomic mass is 9.81. The zero-order valence-electron chi connectivity index (χ0n) is 18.4. The molecule has 1 aliphatic carbocycles. The van der Waals surface area contributed by atoms with Crippen molar-refractivity contribution in [2.45, 2.75) is 37.6 Å². The first-order chi connectivity index (χ1) is 16.1. The van der Waals surface area contributed by atoms with Crippen molar-refractivity contribution in [2.75, 3.05) is 12.4 Å². The van der Waals surface area contributed by atoms with E-state index in [1.54, 1.807) is 13.2 Å². The van der Waals surface area contributed by atoms with E-state index in [0.717, 1.165) is 36.6 Å². The second-order valence-electron chi connectivity index (χ2n) is 8.39. The normalized spacial score (nSPS) is 15.3. The van der Waals surface area contributed by atoms with Crippen molar-refractivity contribution in [3.05, 3.63) is 66.9 Å². The Kier molecular flexibility index (Phi) is 5.50. The molecule has 2 N–H and O–H groups in total. The van der Waals surface area contributed by atoms with E-state index in [-0.39, 0.29) is 17.5 Å². The minimum absolute atomic E-state index is 0.0982. The number of hydrogen-bond acceptors (Lipinski definition) is 5. The van der Waals surface area contributed by atoms with E-state index in [0.29, 0.717) is 24.2 Å². The van der Waals surface area contributed by atoms with Crippen LogP contribution in [0.2, 0.25) is 0 Å². The maximum atomic E-state index is 14.9. The zero-order chi connectivity index (χ0) is 22.8. The Morgan fingerprint density at radius 2 is 1.79 bits per heavy atom. The quantitative estimate of drug-likeness (QED) is 0.475. The molecule has 0 unspecified atom stereocenters. The van der Waals surface area contributed by atoms with Crippen molar-refractivity contribution in [2.24, 2.45) is 0 Å². The fraction of sp³-hybridized carbons (Fsp3) is 0.280.